The van der Waals surface area contributed by atoms with Crippen molar-refractivity contribution in [1.29, 1.82) is 0 Å². The quantitative estimate of drug-likeness (QED) is 0.659. The number of nitrogens with one attached hydrogen (secondary N) is 2. The van der Waals surface area contributed by atoms with Gasteiger partial charge in [0.1, 0.15) is 5.82 Å². The molecule has 1 aromatic rings. The van der Waals surface area contributed by atoms with Crippen LogP contribution in [0.2, 0.25) is 0 Å². The van der Waals surface area contributed by atoms with Gasteiger partial charge in [-0.25, -0.2) is 4.39 Å². The summed E-state index contributed by atoms with van der Waals surface area (Å²) in [6.07, 6.45) is 4.61. The number of hydrogen-bond acceptors (Lipinski definition) is 2. The third kappa shape index (κ3) is 3.47. The van der Waals surface area contributed by atoms with Crippen LogP contribution in [0, 0.1) is 17.7 Å². The van der Waals surface area contributed by atoms with E-state index in [0.717, 1.165) is 24.7 Å². The molecule has 3 heterocycles. The summed E-state index contributed by atoms with van der Waals surface area (Å²) in [5.41, 5.74) is 0.802. The van der Waals surface area contributed by atoms with Crippen LogP contribution in [0.15, 0.2) is 36.9 Å². The molecule has 1 unspecified atom stereocenters. The number of rotatable bonds is 4. The number of piperidine rings is 3. The van der Waals surface area contributed by atoms with Crippen molar-refractivity contribution in [2.24, 2.45) is 11.8 Å². The molecule has 22 heavy (non-hydrogen) atoms. The van der Waals surface area contributed by atoms with Gasteiger partial charge in [-0.15, -0.1) is 6.58 Å². The Labute approximate surface area is 136 Å². The summed E-state index contributed by atoms with van der Waals surface area (Å²) in [6.45, 7) is 7.11. The lowest BCUT2D eigenvalue weighted by atomic mass is 9.76. The first kappa shape index (κ1) is 15.4. The minimum absolute atomic E-state index is 0.243. The van der Waals surface area contributed by atoms with Crippen molar-refractivity contribution in [1.82, 2.24) is 10.2 Å². The number of benzene rings is 1. The number of thiocarbonyl (C=S) groups is 1. The summed E-state index contributed by atoms with van der Waals surface area (Å²) in [4.78, 5) is 2.54. The molecule has 4 atom stereocenters. The van der Waals surface area contributed by atoms with Crippen LogP contribution < -0.4 is 10.6 Å². The van der Waals surface area contributed by atoms with Crippen LogP contribution in [-0.4, -0.2) is 35.7 Å². The van der Waals surface area contributed by atoms with Gasteiger partial charge in [-0.3, -0.25) is 4.90 Å². The van der Waals surface area contributed by atoms with E-state index in [-0.39, 0.29) is 5.82 Å². The highest BCUT2D eigenvalue weighted by Gasteiger charge is 2.38. The summed E-state index contributed by atoms with van der Waals surface area (Å²) < 4.78 is 12.9. The molecule has 3 aliphatic rings. The standard InChI is InChI=1S/C17H22FN3S/c1-2-12-11-21-8-7-13(12)9-16(21)10-19-17(22)20-15-5-3-14(18)4-6-15/h2-6,12-13,16H,1,7-11H2,(H2,19,20,22)/t12-,13+,16-/m1/s1. The second-order valence-corrected chi connectivity index (χ2v) is 6.58. The summed E-state index contributed by atoms with van der Waals surface area (Å²) in [7, 11) is 0. The molecule has 3 aliphatic heterocycles. The second-order valence-electron chi connectivity index (χ2n) is 6.17. The molecular formula is C17H22FN3S. The van der Waals surface area contributed by atoms with Crippen molar-refractivity contribution < 1.29 is 4.39 Å². The van der Waals surface area contributed by atoms with E-state index in [1.54, 1.807) is 12.1 Å². The fraction of sp³-hybridized carbons (Fsp3) is 0.471. The molecule has 2 bridgehead atoms. The number of anilines is 1. The van der Waals surface area contributed by atoms with Crippen molar-refractivity contribution in [3.8, 4) is 0 Å². The van der Waals surface area contributed by atoms with Gasteiger partial charge in [-0.05, 0) is 67.7 Å². The first-order valence-electron chi connectivity index (χ1n) is 7.82. The van der Waals surface area contributed by atoms with Crippen LogP contribution in [0.25, 0.3) is 0 Å². The number of halogens is 1. The largest absolute Gasteiger partial charge is 0.361 e. The van der Waals surface area contributed by atoms with Gasteiger partial charge < -0.3 is 10.6 Å². The summed E-state index contributed by atoms with van der Waals surface area (Å²) in [5, 5.41) is 6.98. The topological polar surface area (TPSA) is 27.3 Å². The zero-order valence-electron chi connectivity index (χ0n) is 12.6. The summed E-state index contributed by atoms with van der Waals surface area (Å²) in [6, 6.07) is 6.76. The van der Waals surface area contributed by atoms with Crippen molar-refractivity contribution in [2.45, 2.75) is 18.9 Å². The Balaban J connectivity index is 1.47. The van der Waals surface area contributed by atoms with Crippen LogP contribution in [0.5, 0.6) is 0 Å². The number of fused-ring (bicyclic) bond motifs is 3. The van der Waals surface area contributed by atoms with E-state index >= 15 is 0 Å². The van der Waals surface area contributed by atoms with Gasteiger partial charge in [-0.2, -0.15) is 0 Å². The molecule has 0 radical (unpaired) electrons. The monoisotopic (exact) mass is 319 g/mol. The third-order valence-corrected chi connectivity index (χ3v) is 5.08. The summed E-state index contributed by atoms with van der Waals surface area (Å²) >= 11 is 5.32. The maximum Gasteiger partial charge on any atom is 0.170 e. The van der Waals surface area contributed by atoms with Gasteiger partial charge in [0.05, 0.1) is 0 Å². The first-order chi connectivity index (χ1) is 10.7. The van der Waals surface area contributed by atoms with Gasteiger partial charge >= 0.3 is 0 Å². The molecule has 3 nitrogen and oxygen atoms in total. The van der Waals surface area contributed by atoms with Gasteiger partial charge in [0, 0.05) is 24.8 Å². The number of hydrogen-bond donors (Lipinski definition) is 2. The molecule has 0 aromatic heterocycles. The van der Waals surface area contributed by atoms with Crippen LogP contribution in [0.4, 0.5) is 10.1 Å². The SMILES string of the molecule is C=C[C@@H]1CN2CC[C@H]1C[C@@H]2CNC(=S)Nc1ccc(F)cc1. The smallest absolute Gasteiger partial charge is 0.170 e. The van der Waals surface area contributed by atoms with E-state index in [9.17, 15) is 4.39 Å². The van der Waals surface area contributed by atoms with Gasteiger partial charge in [0.2, 0.25) is 0 Å². The normalized spacial score (nSPS) is 29.9. The predicted octanol–water partition coefficient (Wildman–Crippen LogP) is 3.01. The van der Waals surface area contributed by atoms with E-state index in [0.29, 0.717) is 17.1 Å². The summed E-state index contributed by atoms with van der Waals surface area (Å²) in [5.74, 6) is 1.18. The maximum atomic E-state index is 12.9. The average Bonchev–Trinajstić information content (AvgIpc) is 2.55. The molecule has 4 rings (SSSR count). The van der Waals surface area contributed by atoms with Crippen molar-refractivity contribution in [3.63, 3.8) is 0 Å². The highest BCUT2D eigenvalue weighted by molar-refractivity contribution is 7.80. The highest BCUT2D eigenvalue weighted by atomic mass is 32.1. The molecule has 0 saturated carbocycles. The van der Waals surface area contributed by atoms with Crippen LogP contribution in [-0.2, 0) is 0 Å². The van der Waals surface area contributed by atoms with E-state index in [4.69, 9.17) is 12.2 Å². The van der Waals surface area contributed by atoms with Crippen LogP contribution >= 0.6 is 12.2 Å². The Kier molecular flexibility index (Phi) is 4.74. The van der Waals surface area contributed by atoms with Crippen molar-refractivity contribution in [2.75, 3.05) is 25.0 Å². The van der Waals surface area contributed by atoms with Gasteiger partial charge in [0.15, 0.2) is 5.11 Å². The molecule has 0 amide bonds. The predicted molar refractivity (Wildman–Crippen MR) is 92.4 cm³/mol. The Morgan fingerprint density at radius 1 is 1.41 bits per heavy atom. The maximum absolute atomic E-state index is 12.9. The fourth-order valence-electron chi connectivity index (χ4n) is 3.58. The van der Waals surface area contributed by atoms with Gasteiger partial charge in [-0.1, -0.05) is 6.08 Å². The van der Waals surface area contributed by atoms with E-state index in [2.05, 4.69) is 28.2 Å². The van der Waals surface area contributed by atoms with Gasteiger partial charge in [0.25, 0.3) is 0 Å². The average molecular weight is 319 g/mol. The minimum atomic E-state index is -0.243. The molecule has 1 aromatic carbocycles. The molecule has 0 spiro atoms. The molecular weight excluding hydrogens is 297 g/mol. The van der Waals surface area contributed by atoms with E-state index in [1.165, 1.54) is 31.5 Å². The second kappa shape index (κ2) is 6.75. The Morgan fingerprint density at radius 2 is 2.18 bits per heavy atom. The van der Waals surface area contributed by atoms with E-state index < -0.39 is 0 Å². The Morgan fingerprint density at radius 3 is 2.82 bits per heavy atom. The molecule has 118 valence electrons. The number of nitrogens with zero attached hydrogens (tertiary/aromatic N) is 1. The minimum Gasteiger partial charge on any atom is -0.361 e. The Bertz CT molecular complexity index is 545. The molecule has 0 aliphatic carbocycles. The lowest BCUT2D eigenvalue weighted by Gasteiger charge is -2.49. The Hall–Kier alpha value is -1.46. The zero-order chi connectivity index (χ0) is 15.5. The van der Waals surface area contributed by atoms with E-state index in [1.807, 2.05) is 0 Å². The molecule has 3 saturated heterocycles. The first-order valence-corrected chi connectivity index (χ1v) is 8.23. The molecule has 5 heteroatoms. The third-order valence-electron chi connectivity index (χ3n) is 4.83. The van der Waals surface area contributed by atoms with Crippen molar-refractivity contribution >= 4 is 23.0 Å². The molecule has 2 N–H and O–H groups in total. The lowest BCUT2D eigenvalue weighted by Crippen LogP contribution is -2.56. The van der Waals surface area contributed by atoms with Crippen molar-refractivity contribution in [3.05, 3.63) is 42.7 Å². The zero-order valence-corrected chi connectivity index (χ0v) is 13.4. The fourth-order valence-corrected chi connectivity index (χ4v) is 3.78. The molecule has 3 fully saturated rings. The highest BCUT2D eigenvalue weighted by Crippen LogP contribution is 2.36. The lowest BCUT2D eigenvalue weighted by molar-refractivity contribution is 0.0215. The van der Waals surface area contributed by atoms with Crippen LogP contribution in [0.3, 0.4) is 0 Å². The van der Waals surface area contributed by atoms with Crippen LogP contribution in [0.1, 0.15) is 12.8 Å².